The van der Waals surface area contributed by atoms with Crippen LogP contribution in [0, 0.1) is 5.82 Å². The van der Waals surface area contributed by atoms with Gasteiger partial charge in [0.1, 0.15) is 5.82 Å². The van der Waals surface area contributed by atoms with Gasteiger partial charge in [-0.05, 0) is 50.3 Å². The number of hydrogen-bond donors (Lipinski definition) is 1. The van der Waals surface area contributed by atoms with E-state index in [1.165, 1.54) is 12.1 Å². The number of rotatable bonds is 5. The first-order chi connectivity index (χ1) is 12.5. The highest BCUT2D eigenvalue weighted by atomic mass is 19.1. The van der Waals surface area contributed by atoms with Gasteiger partial charge in [0.15, 0.2) is 0 Å². The van der Waals surface area contributed by atoms with Crippen molar-refractivity contribution in [3.05, 3.63) is 35.6 Å². The highest BCUT2D eigenvalue weighted by molar-refractivity contribution is 5.91. The van der Waals surface area contributed by atoms with Crippen LogP contribution in [0.3, 0.4) is 0 Å². The molecule has 1 heterocycles. The Kier molecular flexibility index (Phi) is 4.47. The fourth-order valence-electron chi connectivity index (χ4n) is 3.85. The smallest absolute Gasteiger partial charge is 0.237 e. The number of hydrogen-bond acceptors (Lipinski definition) is 3. The molecule has 26 heavy (non-hydrogen) atoms. The summed E-state index contributed by atoms with van der Waals surface area (Å²) in [4.78, 5) is 29.4. The number of halogens is 1. The van der Waals surface area contributed by atoms with E-state index in [4.69, 9.17) is 0 Å². The molecular weight excluding hydrogens is 333 g/mol. The summed E-state index contributed by atoms with van der Waals surface area (Å²) in [5.74, 6) is -0.0276. The predicted molar refractivity (Wildman–Crippen MR) is 96.1 cm³/mol. The van der Waals surface area contributed by atoms with E-state index >= 15 is 0 Å². The van der Waals surface area contributed by atoms with Gasteiger partial charge in [-0.25, -0.2) is 4.39 Å². The number of carbonyl (C=O) groups is 2. The summed E-state index contributed by atoms with van der Waals surface area (Å²) in [7, 11) is 0. The molecule has 0 aromatic heterocycles. The van der Waals surface area contributed by atoms with Crippen molar-refractivity contribution < 1.29 is 14.0 Å². The van der Waals surface area contributed by atoms with E-state index in [1.54, 1.807) is 12.1 Å². The van der Waals surface area contributed by atoms with Crippen molar-refractivity contribution in [1.82, 2.24) is 15.1 Å². The minimum atomic E-state index is -0.454. The maximum absolute atomic E-state index is 13.2. The average molecular weight is 359 g/mol. The molecule has 4 rings (SSSR count). The molecule has 1 aliphatic heterocycles. The van der Waals surface area contributed by atoms with Crippen LogP contribution >= 0.6 is 0 Å². The van der Waals surface area contributed by atoms with Crippen LogP contribution in [-0.2, 0) is 15.0 Å². The van der Waals surface area contributed by atoms with Crippen LogP contribution in [0.15, 0.2) is 24.3 Å². The molecule has 1 saturated heterocycles. The first kappa shape index (κ1) is 17.5. The second-order valence-corrected chi connectivity index (χ2v) is 7.88. The number of carbonyl (C=O) groups excluding carboxylic acids is 2. The second-order valence-electron chi connectivity index (χ2n) is 7.88. The maximum atomic E-state index is 13.2. The Labute approximate surface area is 153 Å². The lowest BCUT2D eigenvalue weighted by Gasteiger charge is -2.39. The third-order valence-corrected chi connectivity index (χ3v) is 6.01. The Hall–Kier alpha value is -1.95. The van der Waals surface area contributed by atoms with Crippen LogP contribution in [0.1, 0.15) is 38.2 Å². The van der Waals surface area contributed by atoms with Gasteiger partial charge >= 0.3 is 0 Å². The zero-order chi connectivity index (χ0) is 18.3. The van der Waals surface area contributed by atoms with E-state index in [0.29, 0.717) is 32.2 Å². The number of amides is 2. The van der Waals surface area contributed by atoms with Crippen LogP contribution in [0.5, 0.6) is 0 Å². The molecular formula is C20H26FN3O2. The SMILES string of the molecule is CC(C(=O)NC1CC1)N1CCN(C(=O)C2(c3ccc(F)cc3)CC2)CC1. The van der Waals surface area contributed by atoms with Crippen LogP contribution in [0.4, 0.5) is 4.39 Å². The predicted octanol–water partition coefficient (Wildman–Crippen LogP) is 1.67. The second kappa shape index (κ2) is 6.65. The molecule has 140 valence electrons. The van der Waals surface area contributed by atoms with Gasteiger partial charge in [-0.2, -0.15) is 0 Å². The van der Waals surface area contributed by atoms with E-state index in [-0.39, 0.29) is 23.7 Å². The number of nitrogens with zero attached hydrogens (tertiary/aromatic N) is 2. The van der Waals surface area contributed by atoms with Gasteiger partial charge in [0.25, 0.3) is 0 Å². The lowest BCUT2D eigenvalue weighted by Crippen LogP contribution is -2.56. The molecule has 3 fully saturated rings. The maximum Gasteiger partial charge on any atom is 0.237 e. The summed E-state index contributed by atoms with van der Waals surface area (Å²) >= 11 is 0. The van der Waals surface area contributed by atoms with Crippen molar-refractivity contribution in [2.24, 2.45) is 0 Å². The van der Waals surface area contributed by atoms with E-state index in [0.717, 1.165) is 31.2 Å². The molecule has 2 amide bonds. The Balaban J connectivity index is 1.34. The highest BCUT2D eigenvalue weighted by Crippen LogP contribution is 2.49. The molecule has 2 saturated carbocycles. The van der Waals surface area contributed by atoms with Crippen LogP contribution in [0.25, 0.3) is 0 Å². The van der Waals surface area contributed by atoms with Crippen LogP contribution in [-0.4, -0.2) is 59.9 Å². The normalized spacial score (nSPS) is 23.4. The third kappa shape index (κ3) is 3.34. The van der Waals surface area contributed by atoms with E-state index in [2.05, 4.69) is 10.2 Å². The Bertz CT molecular complexity index is 690. The monoisotopic (exact) mass is 359 g/mol. The average Bonchev–Trinajstić information content (AvgIpc) is 3.56. The van der Waals surface area contributed by atoms with Crippen LogP contribution < -0.4 is 5.32 Å². The van der Waals surface area contributed by atoms with Crippen molar-refractivity contribution in [2.75, 3.05) is 26.2 Å². The van der Waals surface area contributed by atoms with Gasteiger partial charge in [0.2, 0.25) is 11.8 Å². The van der Waals surface area contributed by atoms with Crippen molar-refractivity contribution >= 4 is 11.8 Å². The lowest BCUT2D eigenvalue weighted by molar-refractivity contribution is -0.136. The first-order valence-electron chi connectivity index (χ1n) is 9.59. The molecule has 0 spiro atoms. The molecule has 1 unspecified atom stereocenters. The summed E-state index contributed by atoms with van der Waals surface area (Å²) in [5.41, 5.74) is 0.466. The Morgan fingerprint density at radius 1 is 1.12 bits per heavy atom. The molecule has 1 atom stereocenters. The van der Waals surface area contributed by atoms with E-state index in [1.807, 2.05) is 11.8 Å². The Morgan fingerprint density at radius 2 is 1.73 bits per heavy atom. The molecule has 0 bridgehead atoms. The van der Waals surface area contributed by atoms with Crippen molar-refractivity contribution in [2.45, 2.75) is 50.1 Å². The summed E-state index contributed by atoms with van der Waals surface area (Å²) in [6, 6.07) is 6.56. The number of nitrogens with one attached hydrogen (secondary N) is 1. The Morgan fingerprint density at radius 3 is 2.27 bits per heavy atom. The zero-order valence-corrected chi connectivity index (χ0v) is 15.2. The van der Waals surface area contributed by atoms with Crippen LogP contribution in [0.2, 0.25) is 0 Å². The van der Waals surface area contributed by atoms with Crippen molar-refractivity contribution in [3.8, 4) is 0 Å². The lowest BCUT2D eigenvalue weighted by atomic mass is 9.94. The van der Waals surface area contributed by atoms with Gasteiger partial charge in [-0.1, -0.05) is 12.1 Å². The van der Waals surface area contributed by atoms with Gasteiger partial charge in [-0.15, -0.1) is 0 Å². The quantitative estimate of drug-likeness (QED) is 0.870. The molecule has 1 aromatic rings. The summed E-state index contributed by atoms with van der Waals surface area (Å²) in [5, 5.41) is 3.05. The van der Waals surface area contributed by atoms with Crippen molar-refractivity contribution in [3.63, 3.8) is 0 Å². The zero-order valence-electron chi connectivity index (χ0n) is 15.2. The van der Waals surface area contributed by atoms with E-state index in [9.17, 15) is 14.0 Å². The summed E-state index contributed by atoms with van der Waals surface area (Å²) in [6.07, 6.45) is 3.84. The molecule has 0 radical (unpaired) electrons. The summed E-state index contributed by atoms with van der Waals surface area (Å²) in [6.45, 7) is 4.65. The van der Waals surface area contributed by atoms with Gasteiger partial charge in [0.05, 0.1) is 11.5 Å². The minimum Gasteiger partial charge on any atom is -0.352 e. The summed E-state index contributed by atoms with van der Waals surface area (Å²) < 4.78 is 13.2. The van der Waals surface area contributed by atoms with Gasteiger partial charge < -0.3 is 10.2 Å². The van der Waals surface area contributed by atoms with Gasteiger partial charge in [0, 0.05) is 32.2 Å². The molecule has 1 aromatic carbocycles. The highest BCUT2D eigenvalue weighted by Gasteiger charge is 2.53. The molecule has 2 aliphatic carbocycles. The minimum absolute atomic E-state index is 0.0947. The number of benzene rings is 1. The van der Waals surface area contributed by atoms with Crippen molar-refractivity contribution in [1.29, 1.82) is 0 Å². The molecule has 5 nitrogen and oxygen atoms in total. The first-order valence-corrected chi connectivity index (χ1v) is 9.59. The molecule has 1 N–H and O–H groups in total. The van der Waals surface area contributed by atoms with Gasteiger partial charge in [-0.3, -0.25) is 14.5 Å². The number of piperazine rings is 1. The molecule has 6 heteroatoms. The topological polar surface area (TPSA) is 52.7 Å². The standard InChI is InChI=1S/C20H26FN3O2/c1-14(18(25)22-17-6-7-17)23-10-12-24(13-11-23)19(26)20(8-9-20)15-2-4-16(21)5-3-15/h2-5,14,17H,6-13H2,1H3,(H,22,25). The third-order valence-electron chi connectivity index (χ3n) is 6.01. The largest absolute Gasteiger partial charge is 0.352 e. The van der Waals surface area contributed by atoms with E-state index < -0.39 is 5.41 Å². The fraction of sp³-hybridized carbons (Fsp3) is 0.600. The fourth-order valence-corrected chi connectivity index (χ4v) is 3.85. The molecule has 3 aliphatic rings.